The third kappa shape index (κ3) is 3.74. The number of rotatable bonds is 5. The number of amides is 2. The smallest absolute Gasteiger partial charge is 0.253 e. The van der Waals surface area contributed by atoms with Crippen LogP contribution in [0.25, 0.3) is 11.0 Å². The van der Waals surface area contributed by atoms with E-state index in [1.807, 2.05) is 54.6 Å². The Bertz CT molecular complexity index is 1300. The fourth-order valence-electron chi connectivity index (χ4n) is 4.13. The number of benzene rings is 3. The van der Waals surface area contributed by atoms with Gasteiger partial charge in [-0.2, -0.15) is 0 Å². The monoisotopic (exact) mass is 444 g/mol. The highest BCUT2D eigenvalue weighted by Gasteiger charge is 2.30. The molecule has 1 N–H and O–H groups in total. The Hall–Kier alpha value is -3.64. The maximum Gasteiger partial charge on any atom is 0.253 e. The summed E-state index contributed by atoms with van der Waals surface area (Å²) in [7, 11) is 0. The van der Waals surface area contributed by atoms with Crippen molar-refractivity contribution in [2.45, 2.75) is 19.0 Å². The molecule has 3 aromatic carbocycles. The van der Waals surface area contributed by atoms with Crippen LogP contribution < -0.4 is 10.2 Å². The molecule has 0 saturated heterocycles. The quantitative estimate of drug-likeness (QED) is 0.489. The summed E-state index contributed by atoms with van der Waals surface area (Å²) in [4.78, 5) is 32.6. The molecule has 1 unspecified atom stereocenters. The average Bonchev–Trinajstić information content (AvgIpc) is 3.39. The van der Waals surface area contributed by atoms with Crippen LogP contribution in [0.5, 0.6) is 0 Å². The Balaban J connectivity index is 1.41. The van der Waals surface area contributed by atoms with Gasteiger partial charge in [0.1, 0.15) is 0 Å². The van der Waals surface area contributed by atoms with Crippen LogP contribution in [-0.2, 0) is 11.3 Å². The highest BCUT2D eigenvalue weighted by Crippen LogP contribution is 2.29. The highest BCUT2D eigenvalue weighted by atomic mass is 35.5. The maximum absolute atomic E-state index is 13.3. The summed E-state index contributed by atoms with van der Waals surface area (Å²) >= 11 is 6.21. The highest BCUT2D eigenvalue weighted by molar-refractivity contribution is 6.33. The molecular weight excluding hydrogens is 424 g/mol. The maximum atomic E-state index is 13.3. The number of fused-ring (bicyclic) bond motifs is 3. The summed E-state index contributed by atoms with van der Waals surface area (Å²) in [5, 5.41) is 3.37. The number of carbonyl (C=O) groups is 2. The van der Waals surface area contributed by atoms with E-state index in [4.69, 9.17) is 11.6 Å². The lowest BCUT2D eigenvalue weighted by molar-refractivity contribution is -0.119. The van der Waals surface area contributed by atoms with E-state index in [2.05, 4.69) is 14.9 Å². The minimum atomic E-state index is -0.495. The third-order valence-electron chi connectivity index (χ3n) is 5.73. The zero-order chi connectivity index (χ0) is 22.1. The zero-order valence-electron chi connectivity index (χ0n) is 17.2. The molecule has 4 aromatic rings. The number of halogens is 1. The van der Waals surface area contributed by atoms with Crippen molar-refractivity contribution in [3.05, 3.63) is 95.0 Å². The molecule has 0 fully saturated rings. The number of hydrogen-bond donors (Lipinski definition) is 1. The topological polar surface area (TPSA) is 67.2 Å². The fraction of sp³-hybridized carbons (Fsp3) is 0.160. The Morgan fingerprint density at radius 3 is 2.47 bits per heavy atom. The first kappa shape index (κ1) is 20.3. The van der Waals surface area contributed by atoms with E-state index < -0.39 is 6.04 Å². The summed E-state index contributed by atoms with van der Waals surface area (Å²) in [5.41, 5.74) is 3.12. The van der Waals surface area contributed by atoms with Gasteiger partial charge in [-0.15, -0.1) is 0 Å². The van der Waals surface area contributed by atoms with Gasteiger partial charge in [-0.3, -0.25) is 14.5 Å². The van der Waals surface area contributed by atoms with Gasteiger partial charge in [-0.1, -0.05) is 66.2 Å². The molecule has 0 spiro atoms. The molecule has 2 heterocycles. The molecule has 2 amide bonds. The van der Waals surface area contributed by atoms with Crippen molar-refractivity contribution >= 4 is 40.4 Å². The van der Waals surface area contributed by atoms with Gasteiger partial charge in [0.25, 0.3) is 5.91 Å². The van der Waals surface area contributed by atoms with Crippen LogP contribution in [0.3, 0.4) is 0 Å². The number of anilines is 1. The van der Waals surface area contributed by atoms with Crippen LogP contribution in [0.1, 0.15) is 28.4 Å². The SMILES string of the molecule is O=C(NC(CC(=O)N1CCn2c1nc1ccccc12)c1ccccc1)c1ccccc1Cl. The largest absolute Gasteiger partial charge is 0.345 e. The minimum Gasteiger partial charge on any atom is -0.345 e. The van der Waals surface area contributed by atoms with Gasteiger partial charge in [0.05, 0.1) is 34.1 Å². The van der Waals surface area contributed by atoms with E-state index in [0.717, 1.165) is 16.6 Å². The van der Waals surface area contributed by atoms with Gasteiger partial charge in [0.15, 0.2) is 0 Å². The second-order valence-electron chi connectivity index (χ2n) is 7.72. The second kappa shape index (κ2) is 8.48. The molecule has 5 rings (SSSR count). The van der Waals surface area contributed by atoms with Crippen LogP contribution in [-0.4, -0.2) is 27.9 Å². The molecule has 1 aliphatic rings. The van der Waals surface area contributed by atoms with Crippen molar-refractivity contribution in [1.82, 2.24) is 14.9 Å². The zero-order valence-corrected chi connectivity index (χ0v) is 18.0. The molecule has 160 valence electrons. The molecule has 7 heteroatoms. The van der Waals surface area contributed by atoms with Crippen LogP contribution in [0.15, 0.2) is 78.9 Å². The lowest BCUT2D eigenvalue weighted by Crippen LogP contribution is -2.36. The van der Waals surface area contributed by atoms with Crippen LogP contribution in [0, 0.1) is 0 Å². The van der Waals surface area contributed by atoms with Crippen molar-refractivity contribution in [3.8, 4) is 0 Å². The van der Waals surface area contributed by atoms with Gasteiger partial charge in [-0.05, 0) is 29.8 Å². The van der Waals surface area contributed by atoms with Gasteiger partial charge in [0, 0.05) is 13.1 Å². The first-order chi connectivity index (χ1) is 15.6. The van der Waals surface area contributed by atoms with Crippen molar-refractivity contribution in [2.75, 3.05) is 11.4 Å². The fourth-order valence-corrected chi connectivity index (χ4v) is 4.35. The van der Waals surface area contributed by atoms with E-state index >= 15 is 0 Å². The second-order valence-corrected chi connectivity index (χ2v) is 8.13. The van der Waals surface area contributed by atoms with Gasteiger partial charge < -0.3 is 9.88 Å². The number of hydrogen-bond acceptors (Lipinski definition) is 3. The van der Waals surface area contributed by atoms with Crippen LogP contribution in [0.2, 0.25) is 5.02 Å². The molecule has 6 nitrogen and oxygen atoms in total. The molecule has 0 saturated carbocycles. The lowest BCUT2D eigenvalue weighted by Gasteiger charge is -2.22. The number of imidazole rings is 1. The molecule has 0 aliphatic carbocycles. The number of aromatic nitrogens is 2. The molecule has 0 bridgehead atoms. The third-order valence-corrected chi connectivity index (χ3v) is 6.06. The van der Waals surface area contributed by atoms with Gasteiger partial charge >= 0.3 is 0 Å². The summed E-state index contributed by atoms with van der Waals surface area (Å²) in [5.74, 6) is 0.249. The predicted molar refractivity (Wildman–Crippen MR) is 125 cm³/mol. The summed E-state index contributed by atoms with van der Waals surface area (Å²) in [6, 6.07) is 23.8. The molecule has 32 heavy (non-hydrogen) atoms. The molecule has 1 aromatic heterocycles. The van der Waals surface area contributed by atoms with Crippen LogP contribution >= 0.6 is 11.6 Å². The molecule has 1 aliphatic heterocycles. The van der Waals surface area contributed by atoms with Crippen molar-refractivity contribution in [1.29, 1.82) is 0 Å². The number of carbonyl (C=O) groups excluding carboxylic acids is 2. The summed E-state index contributed by atoms with van der Waals surface area (Å²) < 4.78 is 2.06. The number of para-hydroxylation sites is 2. The Morgan fingerprint density at radius 2 is 1.66 bits per heavy atom. The van der Waals surface area contributed by atoms with Crippen molar-refractivity contribution in [3.63, 3.8) is 0 Å². The Kier molecular flexibility index (Phi) is 5.37. The van der Waals surface area contributed by atoms with E-state index in [0.29, 0.717) is 29.6 Å². The van der Waals surface area contributed by atoms with Crippen molar-refractivity contribution in [2.24, 2.45) is 0 Å². The lowest BCUT2D eigenvalue weighted by atomic mass is 10.0. The van der Waals surface area contributed by atoms with Gasteiger partial charge in [-0.25, -0.2) is 4.98 Å². The van der Waals surface area contributed by atoms with E-state index in [1.54, 1.807) is 29.2 Å². The van der Waals surface area contributed by atoms with Gasteiger partial charge in [0.2, 0.25) is 11.9 Å². The first-order valence-electron chi connectivity index (χ1n) is 10.5. The molecular formula is C25H21ClN4O2. The predicted octanol–water partition coefficient (Wildman–Crippen LogP) is 4.60. The number of nitrogens with zero attached hydrogens (tertiary/aromatic N) is 3. The van der Waals surface area contributed by atoms with Crippen molar-refractivity contribution < 1.29 is 9.59 Å². The minimum absolute atomic E-state index is 0.0904. The normalized spacial score (nSPS) is 13.7. The first-order valence-corrected chi connectivity index (χ1v) is 10.9. The Morgan fingerprint density at radius 1 is 0.938 bits per heavy atom. The van der Waals surface area contributed by atoms with E-state index in [9.17, 15) is 9.59 Å². The van der Waals surface area contributed by atoms with E-state index in [-0.39, 0.29) is 18.2 Å². The van der Waals surface area contributed by atoms with E-state index in [1.165, 1.54) is 0 Å². The summed E-state index contributed by atoms with van der Waals surface area (Å²) in [6.45, 7) is 1.26. The van der Waals surface area contributed by atoms with Crippen LogP contribution in [0.4, 0.5) is 5.95 Å². The average molecular weight is 445 g/mol. The standard InChI is InChI=1S/C25H21ClN4O2/c26-19-11-5-4-10-18(19)24(32)27-21(17-8-2-1-3-9-17)16-23(31)30-15-14-29-22-13-7-6-12-20(22)28-25(29)30/h1-13,21H,14-16H2,(H,27,32). The molecule has 1 atom stereocenters. The summed E-state index contributed by atoms with van der Waals surface area (Å²) in [6.07, 6.45) is 0.114. The Labute approximate surface area is 190 Å². The molecule has 0 radical (unpaired) electrons. The number of nitrogens with one attached hydrogen (secondary N) is 1.